The molecule has 1 atom stereocenters. The van der Waals surface area contributed by atoms with Crippen molar-refractivity contribution in [3.63, 3.8) is 0 Å². The van der Waals surface area contributed by atoms with Crippen LogP contribution in [0.3, 0.4) is 0 Å². The van der Waals surface area contributed by atoms with E-state index in [-0.39, 0.29) is 17.4 Å². The first-order valence-corrected chi connectivity index (χ1v) is 8.18. The van der Waals surface area contributed by atoms with Gasteiger partial charge in [-0.15, -0.1) is 0 Å². The fraction of sp³-hybridized carbons (Fsp3) is 0.368. The van der Waals surface area contributed by atoms with Gasteiger partial charge in [0.05, 0.1) is 18.8 Å². The summed E-state index contributed by atoms with van der Waals surface area (Å²) in [6.07, 6.45) is 4.99. The van der Waals surface area contributed by atoms with Crippen molar-refractivity contribution in [3.05, 3.63) is 48.3 Å². The number of carbonyl (C=O) groups excluding carboxylic acids is 1. The summed E-state index contributed by atoms with van der Waals surface area (Å²) in [4.78, 5) is 18.7. The summed E-state index contributed by atoms with van der Waals surface area (Å²) in [6, 6.07) is 9.53. The Hall–Kier alpha value is -2.40. The molecular weight excluding hydrogens is 304 g/mol. The van der Waals surface area contributed by atoms with Gasteiger partial charge in [-0.05, 0) is 36.6 Å². The highest BCUT2D eigenvalue weighted by atomic mass is 16.5. The molecule has 1 saturated carbocycles. The number of carbonyl (C=O) groups is 1. The van der Waals surface area contributed by atoms with E-state index in [0.29, 0.717) is 18.7 Å². The lowest BCUT2D eigenvalue weighted by molar-refractivity contribution is 0.0764. The third-order valence-electron chi connectivity index (χ3n) is 5.19. The molecule has 1 aliphatic carbocycles. The number of β-amino-alcohol motifs (C(OH)–C–C–N with tert-alkyl or cyclic N) is 1. The first-order valence-electron chi connectivity index (χ1n) is 8.18. The van der Waals surface area contributed by atoms with Crippen molar-refractivity contribution in [1.29, 1.82) is 0 Å². The van der Waals surface area contributed by atoms with Gasteiger partial charge in [0.25, 0.3) is 5.91 Å². The summed E-state index contributed by atoms with van der Waals surface area (Å²) < 4.78 is 5.17. The molecule has 2 heterocycles. The third-order valence-corrected chi connectivity index (χ3v) is 5.19. The zero-order chi connectivity index (χ0) is 16.7. The first kappa shape index (κ1) is 15.1. The molecule has 1 aromatic heterocycles. The van der Waals surface area contributed by atoms with E-state index in [1.165, 1.54) is 0 Å². The highest BCUT2D eigenvalue weighted by Crippen LogP contribution is 2.52. The van der Waals surface area contributed by atoms with Gasteiger partial charge in [-0.1, -0.05) is 12.1 Å². The van der Waals surface area contributed by atoms with Gasteiger partial charge < -0.3 is 14.7 Å². The van der Waals surface area contributed by atoms with Crippen molar-refractivity contribution >= 4 is 5.91 Å². The number of methoxy groups -OCH3 is 1. The molecule has 2 fully saturated rings. The average Bonchev–Trinajstić information content (AvgIpc) is 3.34. The van der Waals surface area contributed by atoms with E-state index in [4.69, 9.17) is 4.74 Å². The number of pyridine rings is 1. The third kappa shape index (κ3) is 2.55. The van der Waals surface area contributed by atoms with E-state index in [0.717, 1.165) is 29.7 Å². The Balaban J connectivity index is 1.57. The Bertz CT molecular complexity index is 768. The van der Waals surface area contributed by atoms with Gasteiger partial charge in [0.2, 0.25) is 0 Å². The van der Waals surface area contributed by atoms with E-state index in [1.807, 2.05) is 30.3 Å². The maximum absolute atomic E-state index is 12.7. The summed E-state index contributed by atoms with van der Waals surface area (Å²) in [5, 5.41) is 10.1. The predicted molar refractivity (Wildman–Crippen MR) is 89.8 cm³/mol. The summed E-state index contributed by atoms with van der Waals surface area (Å²) in [6.45, 7) is 1.07. The van der Waals surface area contributed by atoms with Crippen LogP contribution in [-0.4, -0.2) is 47.2 Å². The molecule has 24 heavy (non-hydrogen) atoms. The second-order valence-corrected chi connectivity index (χ2v) is 6.75. The van der Waals surface area contributed by atoms with Crippen molar-refractivity contribution in [1.82, 2.24) is 9.88 Å². The van der Waals surface area contributed by atoms with Gasteiger partial charge in [-0.25, -0.2) is 0 Å². The van der Waals surface area contributed by atoms with E-state index >= 15 is 0 Å². The topological polar surface area (TPSA) is 62.7 Å². The molecule has 2 aromatic rings. The number of aliphatic hydroxyl groups is 1. The fourth-order valence-corrected chi connectivity index (χ4v) is 3.44. The Morgan fingerprint density at radius 2 is 2.00 bits per heavy atom. The van der Waals surface area contributed by atoms with E-state index in [2.05, 4.69) is 4.98 Å². The molecule has 1 N–H and O–H groups in total. The van der Waals surface area contributed by atoms with Crippen LogP contribution in [0.15, 0.2) is 42.7 Å². The summed E-state index contributed by atoms with van der Waals surface area (Å²) in [5.74, 6) is 0.736. The number of amides is 1. The number of hydrogen-bond acceptors (Lipinski definition) is 4. The Morgan fingerprint density at radius 3 is 2.62 bits per heavy atom. The predicted octanol–water partition coefficient (Wildman–Crippen LogP) is 2.35. The molecule has 0 bridgehead atoms. The van der Waals surface area contributed by atoms with Gasteiger partial charge in [-0.2, -0.15) is 0 Å². The average molecular weight is 324 g/mol. The minimum Gasteiger partial charge on any atom is -0.497 e. The summed E-state index contributed by atoms with van der Waals surface area (Å²) in [5.41, 5.74) is 2.41. The highest BCUT2D eigenvalue weighted by molar-refractivity contribution is 5.95. The second-order valence-electron chi connectivity index (χ2n) is 6.75. The molecule has 1 spiro atoms. The zero-order valence-corrected chi connectivity index (χ0v) is 13.6. The van der Waals surface area contributed by atoms with E-state index < -0.39 is 0 Å². The molecule has 5 nitrogen and oxygen atoms in total. The molecule has 1 saturated heterocycles. The lowest BCUT2D eigenvalue weighted by atomic mass is 10.0. The van der Waals surface area contributed by atoms with Gasteiger partial charge in [0.15, 0.2) is 0 Å². The minimum absolute atomic E-state index is 0.0311. The standard InChI is InChI=1S/C19H20N2O3/c1-24-16-4-2-13(3-5-16)14-8-15(10-20-9-14)18(23)21-11-17(22)19(12-21)6-7-19/h2-5,8-10,17,22H,6-7,11-12H2,1H3. The van der Waals surface area contributed by atoms with Crippen molar-refractivity contribution in [2.24, 2.45) is 5.41 Å². The SMILES string of the molecule is COc1ccc(-c2cncc(C(=O)N3CC(O)C4(CC4)C3)c2)cc1. The van der Waals surface area contributed by atoms with Crippen LogP contribution in [0.5, 0.6) is 5.75 Å². The van der Waals surface area contributed by atoms with Crippen LogP contribution < -0.4 is 4.74 Å². The minimum atomic E-state index is -0.390. The Labute approximate surface area is 140 Å². The van der Waals surface area contributed by atoms with Crippen molar-refractivity contribution < 1.29 is 14.6 Å². The monoisotopic (exact) mass is 324 g/mol. The molecule has 0 radical (unpaired) electrons. The molecule has 1 aliphatic heterocycles. The second kappa shape index (κ2) is 5.60. The number of aliphatic hydroxyl groups excluding tert-OH is 1. The number of rotatable bonds is 3. The maximum atomic E-state index is 12.7. The number of nitrogens with zero attached hydrogens (tertiary/aromatic N) is 2. The number of ether oxygens (including phenoxy) is 1. The zero-order valence-electron chi connectivity index (χ0n) is 13.6. The van der Waals surface area contributed by atoms with Crippen LogP contribution in [0.2, 0.25) is 0 Å². The Kier molecular flexibility index (Phi) is 3.53. The largest absolute Gasteiger partial charge is 0.497 e. The molecule has 124 valence electrons. The molecule has 1 unspecified atom stereocenters. The lowest BCUT2D eigenvalue weighted by Crippen LogP contribution is -2.29. The van der Waals surface area contributed by atoms with Crippen molar-refractivity contribution in [2.75, 3.05) is 20.2 Å². The smallest absolute Gasteiger partial charge is 0.255 e. The van der Waals surface area contributed by atoms with E-state index in [1.54, 1.807) is 24.4 Å². The molecule has 2 aliphatic rings. The number of benzene rings is 1. The van der Waals surface area contributed by atoms with E-state index in [9.17, 15) is 9.90 Å². The first-order chi connectivity index (χ1) is 11.6. The van der Waals surface area contributed by atoms with Crippen LogP contribution in [0.1, 0.15) is 23.2 Å². The van der Waals surface area contributed by atoms with Crippen LogP contribution in [0.25, 0.3) is 11.1 Å². The van der Waals surface area contributed by atoms with Crippen LogP contribution in [-0.2, 0) is 0 Å². The normalized spacial score (nSPS) is 21.1. The number of aromatic nitrogens is 1. The fourth-order valence-electron chi connectivity index (χ4n) is 3.44. The molecular formula is C19H20N2O3. The summed E-state index contributed by atoms with van der Waals surface area (Å²) >= 11 is 0. The Morgan fingerprint density at radius 1 is 1.25 bits per heavy atom. The molecule has 5 heteroatoms. The van der Waals surface area contributed by atoms with Gasteiger partial charge >= 0.3 is 0 Å². The number of likely N-dealkylation sites (tertiary alicyclic amines) is 1. The molecule has 4 rings (SSSR count). The highest BCUT2D eigenvalue weighted by Gasteiger charge is 2.55. The van der Waals surface area contributed by atoms with Crippen LogP contribution >= 0.6 is 0 Å². The van der Waals surface area contributed by atoms with Gasteiger partial charge in [0.1, 0.15) is 5.75 Å². The van der Waals surface area contributed by atoms with Gasteiger partial charge in [0, 0.05) is 36.5 Å². The quantitative estimate of drug-likeness (QED) is 0.941. The molecule has 1 amide bonds. The number of hydrogen-bond donors (Lipinski definition) is 1. The van der Waals surface area contributed by atoms with Crippen LogP contribution in [0.4, 0.5) is 0 Å². The lowest BCUT2D eigenvalue weighted by Gasteiger charge is -2.16. The van der Waals surface area contributed by atoms with Crippen molar-refractivity contribution in [2.45, 2.75) is 18.9 Å². The van der Waals surface area contributed by atoms with Gasteiger partial charge in [-0.3, -0.25) is 9.78 Å². The maximum Gasteiger partial charge on any atom is 0.255 e. The van der Waals surface area contributed by atoms with Crippen molar-refractivity contribution in [3.8, 4) is 16.9 Å². The van der Waals surface area contributed by atoms with Crippen LogP contribution in [0, 0.1) is 5.41 Å². The molecule has 1 aromatic carbocycles. The summed E-state index contributed by atoms with van der Waals surface area (Å²) in [7, 11) is 1.63.